The van der Waals surface area contributed by atoms with Gasteiger partial charge in [-0.05, 0) is 43.7 Å². The molecule has 2 aromatic rings. The van der Waals surface area contributed by atoms with E-state index in [0.717, 1.165) is 16.2 Å². The van der Waals surface area contributed by atoms with Crippen molar-refractivity contribution in [2.24, 2.45) is 0 Å². The molecule has 1 atom stereocenters. The van der Waals surface area contributed by atoms with Crippen LogP contribution in [0.25, 0.3) is 0 Å². The Morgan fingerprint density at radius 3 is 2.36 bits per heavy atom. The summed E-state index contributed by atoms with van der Waals surface area (Å²) in [5.41, 5.74) is 2.29. The van der Waals surface area contributed by atoms with Gasteiger partial charge in [0.2, 0.25) is 5.91 Å². The van der Waals surface area contributed by atoms with Gasteiger partial charge in [-0.1, -0.05) is 29.8 Å². The fourth-order valence-electron chi connectivity index (χ4n) is 2.04. The van der Waals surface area contributed by atoms with Gasteiger partial charge in [-0.25, -0.2) is 0 Å². The lowest BCUT2D eigenvalue weighted by molar-refractivity contribution is -0.119. The van der Waals surface area contributed by atoms with Crippen molar-refractivity contribution >= 4 is 17.7 Å². The lowest BCUT2D eigenvalue weighted by Crippen LogP contribution is -2.28. The Labute approximate surface area is 136 Å². The molecule has 0 fully saturated rings. The van der Waals surface area contributed by atoms with Gasteiger partial charge in [0.05, 0.1) is 18.9 Å². The quantitative estimate of drug-likeness (QED) is 0.820. The first-order valence-electron chi connectivity index (χ1n) is 7.21. The minimum atomic E-state index is -0.0166. The van der Waals surface area contributed by atoms with Crippen LogP contribution in [0.3, 0.4) is 0 Å². The van der Waals surface area contributed by atoms with Gasteiger partial charge >= 0.3 is 0 Å². The number of ether oxygens (including phenoxy) is 1. The van der Waals surface area contributed by atoms with Crippen molar-refractivity contribution in [3.63, 3.8) is 0 Å². The minimum Gasteiger partial charge on any atom is -0.497 e. The molecule has 22 heavy (non-hydrogen) atoms. The Bertz CT molecular complexity index is 608. The highest BCUT2D eigenvalue weighted by molar-refractivity contribution is 8.00. The highest BCUT2D eigenvalue weighted by atomic mass is 32.2. The van der Waals surface area contributed by atoms with Crippen LogP contribution in [0.5, 0.6) is 5.75 Å². The second kappa shape index (κ2) is 7.90. The molecule has 4 heteroatoms. The summed E-state index contributed by atoms with van der Waals surface area (Å²) in [6.07, 6.45) is 0. The molecule has 0 saturated heterocycles. The number of benzene rings is 2. The number of aryl methyl sites for hydroxylation is 1. The smallest absolute Gasteiger partial charge is 0.230 e. The van der Waals surface area contributed by atoms with Gasteiger partial charge in [0.15, 0.2) is 0 Å². The summed E-state index contributed by atoms with van der Waals surface area (Å²) in [6, 6.07) is 15.9. The number of carbonyl (C=O) groups is 1. The molecular weight excluding hydrogens is 294 g/mol. The average Bonchev–Trinajstić information content (AvgIpc) is 2.54. The van der Waals surface area contributed by atoms with Crippen LogP contribution in [0, 0.1) is 6.92 Å². The molecule has 1 N–H and O–H groups in total. The first kappa shape index (κ1) is 16.4. The van der Waals surface area contributed by atoms with Gasteiger partial charge < -0.3 is 10.1 Å². The third kappa shape index (κ3) is 4.81. The molecule has 3 nitrogen and oxygen atoms in total. The predicted molar refractivity (Wildman–Crippen MR) is 91.5 cm³/mol. The number of methoxy groups -OCH3 is 1. The van der Waals surface area contributed by atoms with Crippen LogP contribution in [-0.2, 0) is 4.79 Å². The van der Waals surface area contributed by atoms with Crippen molar-refractivity contribution in [3.05, 3.63) is 59.7 Å². The van der Waals surface area contributed by atoms with Crippen LogP contribution >= 0.6 is 11.8 Å². The summed E-state index contributed by atoms with van der Waals surface area (Å²) < 4.78 is 5.14. The number of carbonyl (C=O) groups excluding carboxylic acids is 1. The predicted octanol–water partition coefficient (Wildman–Crippen LogP) is 3.97. The van der Waals surface area contributed by atoms with Crippen LogP contribution in [0.1, 0.15) is 24.1 Å². The Morgan fingerprint density at radius 1 is 1.14 bits per heavy atom. The topological polar surface area (TPSA) is 38.3 Å². The molecule has 0 aliphatic carbocycles. The number of rotatable bonds is 6. The third-order valence-electron chi connectivity index (χ3n) is 3.38. The summed E-state index contributed by atoms with van der Waals surface area (Å²) in [7, 11) is 1.64. The van der Waals surface area contributed by atoms with Crippen molar-refractivity contribution in [3.8, 4) is 5.75 Å². The average molecular weight is 315 g/mol. The van der Waals surface area contributed by atoms with E-state index in [1.165, 1.54) is 5.56 Å². The number of hydrogen-bond acceptors (Lipinski definition) is 3. The van der Waals surface area contributed by atoms with E-state index < -0.39 is 0 Å². The van der Waals surface area contributed by atoms with Crippen molar-refractivity contribution in [1.82, 2.24) is 5.32 Å². The van der Waals surface area contributed by atoms with Gasteiger partial charge in [-0.3, -0.25) is 4.79 Å². The first-order valence-corrected chi connectivity index (χ1v) is 8.20. The fourth-order valence-corrected chi connectivity index (χ4v) is 2.75. The van der Waals surface area contributed by atoms with Crippen LogP contribution < -0.4 is 10.1 Å². The first-order chi connectivity index (χ1) is 10.6. The van der Waals surface area contributed by atoms with Crippen molar-refractivity contribution in [2.45, 2.75) is 24.8 Å². The van der Waals surface area contributed by atoms with E-state index in [9.17, 15) is 4.79 Å². The Hall–Kier alpha value is -1.94. The molecule has 2 aromatic carbocycles. The maximum absolute atomic E-state index is 12.0. The van der Waals surface area contributed by atoms with E-state index >= 15 is 0 Å². The van der Waals surface area contributed by atoms with Crippen molar-refractivity contribution in [2.75, 3.05) is 12.9 Å². The molecule has 1 amide bonds. The summed E-state index contributed by atoms with van der Waals surface area (Å²) in [6.45, 7) is 4.04. The van der Waals surface area contributed by atoms with Gasteiger partial charge in [0.25, 0.3) is 0 Å². The van der Waals surface area contributed by atoms with Crippen molar-refractivity contribution < 1.29 is 9.53 Å². The minimum absolute atomic E-state index is 0.0166. The molecule has 0 saturated carbocycles. The summed E-state index contributed by atoms with van der Waals surface area (Å²) in [5.74, 6) is 1.27. The summed E-state index contributed by atoms with van der Waals surface area (Å²) in [5, 5.41) is 3.01. The molecule has 116 valence electrons. The van der Waals surface area contributed by atoms with E-state index in [2.05, 4.69) is 24.4 Å². The van der Waals surface area contributed by atoms with E-state index in [-0.39, 0.29) is 11.9 Å². The molecule has 0 aliphatic rings. The zero-order chi connectivity index (χ0) is 15.9. The summed E-state index contributed by atoms with van der Waals surface area (Å²) in [4.78, 5) is 13.1. The van der Waals surface area contributed by atoms with Crippen LogP contribution in [-0.4, -0.2) is 18.8 Å². The monoisotopic (exact) mass is 315 g/mol. The molecule has 0 aromatic heterocycles. The Balaban J connectivity index is 1.83. The Kier molecular flexibility index (Phi) is 5.90. The molecule has 0 spiro atoms. The van der Waals surface area contributed by atoms with Crippen molar-refractivity contribution in [1.29, 1.82) is 0 Å². The second-order valence-corrected chi connectivity index (χ2v) is 6.21. The molecular formula is C18H21NO2S. The molecule has 2 rings (SSSR count). The maximum atomic E-state index is 12.0. The van der Waals surface area contributed by atoms with E-state index in [1.807, 2.05) is 43.3 Å². The van der Waals surface area contributed by atoms with Crippen LogP contribution in [0.15, 0.2) is 53.4 Å². The molecule has 1 unspecified atom stereocenters. The van der Waals surface area contributed by atoms with E-state index in [0.29, 0.717) is 5.75 Å². The van der Waals surface area contributed by atoms with Gasteiger partial charge in [0, 0.05) is 4.90 Å². The molecule has 0 aliphatic heterocycles. The molecule has 0 heterocycles. The highest BCUT2D eigenvalue weighted by Gasteiger charge is 2.10. The Morgan fingerprint density at radius 2 is 1.77 bits per heavy atom. The normalized spacial score (nSPS) is 11.8. The largest absolute Gasteiger partial charge is 0.497 e. The maximum Gasteiger partial charge on any atom is 0.230 e. The zero-order valence-corrected chi connectivity index (χ0v) is 13.9. The van der Waals surface area contributed by atoms with Gasteiger partial charge in [-0.15, -0.1) is 11.8 Å². The fraction of sp³-hybridized carbons (Fsp3) is 0.278. The standard InChI is InChI=1S/C18H21NO2S/c1-13-4-10-17(11-5-13)22-12-18(20)19-14(2)15-6-8-16(21-3)9-7-15/h4-11,14H,12H2,1-3H3,(H,19,20). The van der Waals surface area contributed by atoms with E-state index in [4.69, 9.17) is 4.74 Å². The molecule has 0 radical (unpaired) electrons. The lowest BCUT2D eigenvalue weighted by atomic mass is 10.1. The summed E-state index contributed by atoms with van der Waals surface area (Å²) >= 11 is 1.55. The number of nitrogens with one attached hydrogen (secondary N) is 1. The van der Waals surface area contributed by atoms with Gasteiger partial charge in [-0.2, -0.15) is 0 Å². The third-order valence-corrected chi connectivity index (χ3v) is 4.40. The molecule has 0 bridgehead atoms. The number of hydrogen-bond donors (Lipinski definition) is 1. The zero-order valence-electron chi connectivity index (χ0n) is 13.1. The van der Waals surface area contributed by atoms with Crippen LogP contribution in [0.4, 0.5) is 0 Å². The SMILES string of the molecule is COc1ccc(C(C)NC(=O)CSc2ccc(C)cc2)cc1. The second-order valence-electron chi connectivity index (χ2n) is 5.16. The van der Waals surface area contributed by atoms with E-state index in [1.54, 1.807) is 18.9 Å². The lowest BCUT2D eigenvalue weighted by Gasteiger charge is -2.14. The highest BCUT2D eigenvalue weighted by Crippen LogP contribution is 2.20. The van der Waals surface area contributed by atoms with Gasteiger partial charge in [0.1, 0.15) is 5.75 Å². The number of thioether (sulfide) groups is 1. The van der Waals surface area contributed by atoms with Crippen LogP contribution in [0.2, 0.25) is 0 Å². The number of amides is 1.